The first kappa shape index (κ1) is 18.6. The lowest BCUT2D eigenvalue weighted by molar-refractivity contribution is -0.153. The Hall–Kier alpha value is -1.76. The zero-order chi connectivity index (χ0) is 17.9. The van der Waals surface area contributed by atoms with Crippen molar-refractivity contribution >= 4 is 29.0 Å². The van der Waals surface area contributed by atoms with Gasteiger partial charge in [-0.15, -0.1) is 0 Å². The standard InChI is InChI=1S/C16H12Cl2F3NO2/c17-12-6-3-10(7-13(12)18)14(22)15(23)9-1-4-11(5-2-9)24-8-16(19,20)21/h1-7,14H,8,22H2. The number of benzene rings is 2. The van der Waals surface area contributed by atoms with Crippen LogP contribution in [0.5, 0.6) is 5.75 Å². The molecule has 0 saturated heterocycles. The highest BCUT2D eigenvalue weighted by Crippen LogP contribution is 2.27. The van der Waals surface area contributed by atoms with Crippen molar-refractivity contribution in [2.24, 2.45) is 5.73 Å². The Morgan fingerprint density at radius 3 is 2.25 bits per heavy atom. The summed E-state index contributed by atoms with van der Waals surface area (Å²) in [6.45, 7) is -1.40. The van der Waals surface area contributed by atoms with Gasteiger partial charge in [0.25, 0.3) is 0 Å². The maximum absolute atomic E-state index is 12.3. The Balaban J connectivity index is 2.10. The third-order valence-electron chi connectivity index (χ3n) is 3.13. The third kappa shape index (κ3) is 4.87. The van der Waals surface area contributed by atoms with Crippen molar-refractivity contribution in [2.75, 3.05) is 6.61 Å². The van der Waals surface area contributed by atoms with Crippen LogP contribution in [0.25, 0.3) is 0 Å². The van der Waals surface area contributed by atoms with Gasteiger partial charge in [0, 0.05) is 5.56 Å². The highest BCUT2D eigenvalue weighted by molar-refractivity contribution is 6.42. The maximum Gasteiger partial charge on any atom is 0.422 e. The quantitative estimate of drug-likeness (QED) is 0.760. The van der Waals surface area contributed by atoms with Gasteiger partial charge in [-0.25, -0.2) is 0 Å². The zero-order valence-corrected chi connectivity index (χ0v) is 13.6. The normalized spacial score (nSPS) is 12.8. The monoisotopic (exact) mass is 377 g/mol. The Bertz CT molecular complexity index is 733. The van der Waals surface area contributed by atoms with E-state index in [4.69, 9.17) is 28.9 Å². The van der Waals surface area contributed by atoms with Crippen molar-refractivity contribution in [1.29, 1.82) is 0 Å². The largest absolute Gasteiger partial charge is 0.484 e. The molecule has 0 radical (unpaired) electrons. The average Bonchev–Trinajstić information content (AvgIpc) is 2.54. The molecule has 2 N–H and O–H groups in total. The molecule has 0 aliphatic rings. The summed E-state index contributed by atoms with van der Waals surface area (Å²) >= 11 is 11.7. The van der Waals surface area contributed by atoms with Crippen LogP contribution in [0.2, 0.25) is 10.0 Å². The molecule has 0 aliphatic heterocycles. The molecule has 0 spiro atoms. The average molecular weight is 378 g/mol. The summed E-state index contributed by atoms with van der Waals surface area (Å²) in [6, 6.07) is 8.89. The Morgan fingerprint density at radius 2 is 1.71 bits per heavy atom. The van der Waals surface area contributed by atoms with E-state index in [-0.39, 0.29) is 16.3 Å². The number of nitrogens with two attached hydrogens (primary N) is 1. The van der Waals surface area contributed by atoms with Gasteiger partial charge in [-0.1, -0.05) is 29.3 Å². The lowest BCUT2D eigenvalue weighted by atomic mass is 9.98. The molecule has 24 heavy (non-hydrogen) atoms. The summed E-state index contributed by atoms with van der Waals surface area (Å²) < 4.78 is 40.8. The van der Waals surface area contributed by atoms with Crippen molar-refractivity contribution in [2.45, 2.75) is 12.2 Å². The fourth-order valence-corrected chi connectivity index (χ4v) is 2.22. The van der Waals surface area contributed by atoms with E-state index >= 15 is 0 Å². The number of hydrogen-bond donors (Lipinski definition) is 1. The predicted molar refractivity (Wildman–Crippen MR) is 85.7 cm³/mol. The van der Waals surface area contributed by atoms with Crippen LogP contribution < -0.4 is 10.5 Å². The van der Waals surface area contributed by atoms with Crippen LogP contribution in [0, 0.1) is 0 Å². The highest BCUT2D eigenvalue weighted by Gasteiger charge is 2.28. The van der Waals surface area contributed by atoms with Crippen molar-refractivity contribution in [3.63, 3.8) is 0 Å². The van der Waals surface area contributed by atoms with Crippen molar-refractivity contribution < 1.29 is 22.7 Å². The molecule has 0 aliphatic carbocycles. The van der Waals surface area contributed by atoms with E-state index in [1.807, 2.05) is 0 Å². The molecule has 3 nitrogen and oxygen atoms in total. The first-order valence-corrected chi connectivity index (χ1v) is 7.47. The molecule has 0 saturated carbocycles. The summed E-state index contributed by atoms with van der Waals surface area (Å²) in [5.41, 5.74) is 6.63. The molecule has 1 atom stereocenters. The van der Waals surface area contributed by atoms with E-state index < -0.39 is 24.6 Å². The molecule has 0 fully saturated rings. The highest BCUT2D eigenvalue weighted by atomic mass is 35.5. The van der Waals surface area contributed by atoms with Crippen molar-refractivity contribution in [3.05, 3.63) is 63.6 Å². The van der Waals surface area contributed by atoms with Gasteiger partial charge in [0.2, 0.25) is 0 Å². The molecule has 0 bridgehead atoms. The Morgan fingerprint density at radius 1 is 1.08 bits per heavy atom. The number of halogens is 5. The molecule has 8 heteroatoms. The molecular weight excluding hydrogens is 366 g/mol. The van der Waals surface area contributed by atoms with E-state index in [0.717, 1.165) is 0 Å². The molecule has 2 aromatic rings. The van der Waals surface area contributed by atoms with Crippen LogP contribution >= 0.6 is 23.2 Å². The van der Waals surface area contributed by atoms with Crippen LogP contribution in [0.4, 0.5) is 13.2 Å². The molecule has 2 rings (SSSR count). The second-order valence-electron chi connectivity index (χ2n) is 4.94. The smallest absolute Gasteiger partial charge is 0.422 e. The molecule has 1 unspecified atom stereocenters. The molecule has 0 heterocycles. The van der Waals surface area contributed by atoms with Gasteiger partial charge in [0.05, 0.1) is 16.1 Å². The SMILES string of the molecule is NC(C(=O)c1ccc(OCC(F)(F)F)cc1)c1ccc(Cl)c(Cl)c1. The topological polar surface area (TPSA) is 52.3 Å². The summed E-state index contributed by atoms with van der Waals surface area (Å²) in [4.78, 5) is 12.3. The van der Waals surface area contributed by atoms with Crippen LogP contribution in [-0.2, 0) is 0 Å². The number of carbonyl (C=O) groups is 1. The van der Waals surface area contributed by atoms with Gasteiger partial charge in [-0.05, 0) is 42.0 Å². The van der Waals surface area contributed by atoms with Crippen LogP contribution in [0.3, 0.4) is 0 Å². The molecule has 2 aromatic carbocycles. The fraction of sp³-hybridized carbons (Fsp3) is 0.188. The second kappa shape index (κ2) is 7.42. The first-order valence-electron chi connectivity index (χ1n) is 6.72. The minimum absolute atomic E-state index is 0.00647. The minimum atomic E-state index is -4.43. The molecule has 0 amide bonds. The molecule has 0 aromatic heterocycles. The number of hydrogen-bond acceptors (Lipinski definition) is 3. The number of ether oxygens (including phenoxy) is 1. The number of alkyl halides is 3. The minimum Gasteiger partial charge on any atom is -0.484 e. The third-order valence-corrected chi connectivity index (χ3v) is 3.87. The van der Waals surface area contributed by atoms with Crippen LogP contribution in [-0.4, -0.2) is 18.6 Å². The van der Waals surface area contributed by atoms with E-state index in [1.54, 1.807) is 6.07 Å². The van der Waals surface area contributed by atoms with Gasteiger partial charge in [-0.2, -0.15) is 13.2 Å². The Kier molecular flexibility index (Phi) is 5.74. The number of rotatable bonds is 5. The maximum atomic E-state index is 12.3. The van der Waals surface area contributed by atoms with Gasteiger partial charge in [0.1, 0.15) is 5.75 Å². The summed E-state index contributed by atoms with van der Waals surface area (Å²) in [5, 5.41) is 0.611. The summed E-state index contributed by atoms with van der Waals surface area (Å²) in [5.74, 6) is -0.400. The van der Waals surface area contributed by atoms with E-state index in [2.05, 4.69) is 4.74 Å². The predicted octanol–water partition coefficient (Wildman–Crippen LogP) is 4.82. The van der Waals surface area contributed by atoms with Gasteiger partial charge < -0.3 is 10.5 Å². The van der Waals surface area contributed by atoms with E-state index in [1.165, 1.54) is 36.4 Å². The lowest BCUT2D eigenvalue weighted by Crippen LogP contribution is -2.21. The number of ketones is 1. The summed E-state index contributed by atoms with van der Waals surface area (Å²) in [7, 11) is 0. The summed E-state index contributed by atoms with van der Waals surface area (Å²) in [6.07, 6.45) is -4.43. The Labute approximate surface area is 146 Å². The number of Topliss-reactive ketones (excluding diaryl/α,β-unsaturated/α-hetero) is 1. The van der Waals surface area contributed by atoms with Crippen molar-refractivity contribution in [1.82, 2.24) is 0 Å². The zero-order valence-electron chi connectivity index (χ0n) is 12.1. The fourth-order valence-electron chi connectivity index (χ4n) is 1.92. The van der Waals surface area contributed by atoms with E-state index in [9.17, 15) is 18.0 Å². The molecular formula is C16H12Cl2F3NO2. The molecule has 128 valence electrons. The number of carbonyl (C=O) groups excluding carboxylic acids is 1. The van der Waals surface area contributed by atoms with Crippen LogP contribution in [0.1, 0.15) is 22.0 Å². The lowest BCUT2D eigenvalue weighted by Gasteiger charge is -2.13. The van der Waals surface area contributed by atoms with E-state index in [0.29, 0.717) is 10.6 Å². The second-order valence-corrected chi connectivity index (χ2v) is 5.76. The van der Waals surface area contributed by atoms with Gasteiger partial charge >= 0.3 is 6.18 Å². The first-order chi connectivity index (χ1) is 11.2. The van der Waals surface area contributed by atoms with Crippen LogP contribution in [0.15, 0.2) is 42.5 Å². The van der Waals surface area contributed by atoms with Crippen molar-refractivity contribution in [3.8, 4) is 5.75 Å². The van der Waals surface area contributed by atoms with Gasteiger partial charge in [0.15, 0.2) is 12.4 Å². The van der Waals surface area contributed by atoms with Gasteiger partial charge in [-0.3, -0.25) is 4.79 Å².